The van der Waals surface area contributed by atoms with Crippen LogP contribution in [-0.2, 0) is 0 Å². The van der Waals surface area contributed by atoms with E-state index in [1.54, 1.807) is 0 Å². The van der Waals surface area contributed by atoms with E-state index in [0.29, 0.717) is 11.8 Å². The molecule has 2 unspecified atom stereocenters. The van der Waals surface area contributed by atoms with E-state index in [4.69, 9.17) is 0 Å². The molecule has 118 valence electrons. The van der Waals surface area contributed by atoms with Gasteiger partial charge in [-0.25, -0.2) is 0 Å². The van der Waals surface area contributed by atoms with Gasteiger partial charge in [-0.15, -0.1) is 0 Å². The number of amidine groups is 1. The summed E-state index contributed by atoms with van der Waals surface area (Å²) in [5.41, 5.74) is 4.10. The summed E-state index contributed by atoms with van der Waals surface area (Å²) in [6.45, 7) is 1.99. The van der Waals surface area contributed by atoms with Gasteiger partial charge >= 0.3 is 0 Å². The normalized spacial score (nSPS) is 24.1. The van der Waals surface area contributed by atoms with Crippen molar-refractivity contribution < 1.29 is 0 Å². The molecule has 2 atom stereocenters. The fourth-order valence-corrected chi connectivity index (χ4v) is 4.01. The topological polar surface area (TPSA) is 24.4 Å². The van der Waals surface area contributed by atoms with Crippen LogP contribution in [0.4, 0.5) is 0 Å². The standard InChI is InChI=1S/C21H24N2/c1-2-5-16(6-3-1)17-9-11-18(12-10-17)19-7-4-8-20(15-19)21-22-13-14-23-21/h1-3,5-6,9-12,19-20H,4,7-8,13-15H2,(H,22,23). The molecule has 2 nitrogen and oxygen atoms in total. The molecule has 2 aromatic rings. The molecule has 0 spiro atoms. The third kappa shape index (κ3) is 3.17. The molecular weight excluding hydrogens is 280 g/mol. The number of benzene rings is 2. The molecule has 0 amide bonds. The average Bonchev–Trinajstić information content (AvgIpc) is 3.18. The van der Waals surface area contributed by atoms with Gasteiger partial charge in [-0.2, -0.15) is 0 Å². The minimum Gasteiger partial charge on any atom is -0.372 e. The maximum Gasteiger partial charge on any atom is 0.0996 e. The van der Waals surface area contributed by atoms with Crippen LogP contribution in [0.3, 0.4) is 0 Å². The molecule has 1 saturated carbocycles. The molecular formula is C21H24N2. The minimum atomic E-state index is 0.644. The van der Waals surface area contributed by atoms with Crippen molar-refractivity contribution in [2.45, 2.75) is 31.6 Å². The van der Waals surface area contributed by atoms with Crippen molar-refractivity contribution in [3.8, 4) is 11.1 Å². The number of rotatable bonds is 3. The van der Waals surface area contributed by atoms with Crippen LogP contribution in [-0.4, -0.2) is 18.9 Å². The van der Waals surface area contributed by atoms with Crippen LogP contribution in [0.5, 0.6) is 0 Å². The molecule has 1 heterocycles. The molecule has 1 aliphatic carbocycles. The van der Waals surface area contributed by atoms with Crippen LogP contribution >= 0.6 is 0 Å². The molecule has 1 aliphatic heterocycles. The molecule has 0 bridgehead atoms. The summed E-state index contributed by atoms with van der Waals surface area (Å²) in [6.07, 6.45) is 5.17. The third-order valence-electron chi connectivity index (χ3n) is 5.25. The highest BCUT2D eigenvalue weighted by molar-refractivity contribution is 5.86. The summed E-state index contributed by atoms with van der Waals surface area (Å²) in [4.78, 5) is 4.65. The lowest BCUT2D eigenvalue weighted by molar-refractivity contribution is 0.386. The zero-order valence-electron chi connectivity index (χ0n) is 13.5. The molecule has 2 heteroatoms. The molecule has 1 N–H and O–H groups in total. The van der Waals surface area contributed by atoms with Gasteiger partial charge in [0.2, 0.25) is 0 Å². The quantitative estimate of drug-likeness (QED) is 0.878. The van der Waals surface area contributed by atoms with Crippen molar-refractivity contribution in [1.82, 2.24) is 5.32 Å². The smallest absolute Gasteiger partial charge is 0.0996 e. The Morgan fingerprint density at radius 3 is 2.30 bits per heavy atom. The number of aliphatic imine (C=N–C) groups is 1. The van der Waals surface area contributed by atoms with Crippen LogP contribution in [0.25, 0.3) is 11.1 Å². The van der Waals surface area contributed by atoms with E-state index in [0.717, 1.165) is 13.1 Å². The van der Waals surface area contributed by atoms with Gasteiger partial charge in [-0.05, 0) is 41.9 Å². The summed E-state index contributed by atoms with van der Waals surface area (Å²) in [7, 11) is 0. The largest absolute Gasteiger partial charge is 0.372 e. The van der Waals surface area contributed by atoms with Gasteiger partial charge < -0.3 is 5.32 Å². The molecule has 0 saturated heterocycles. The molecule has 1 fully saturated rings. The van der Waals surface area contributed by atoms with E-state index in [1.165, 1.54) is 48.2 Å². The van der Waals surface area contributed by atoms with Gasteiger partial charge in [0.25, 0.3) is 0 Å². The molecule has 0 aromatic heterocycles. The minimum absolute atomic E-state index is 0.644. The highest BCUT2D eigenvalue weighted by Crippen LogP contribution is 2.37. The van der Waals surface area contributed by atoms with Crippen LogP contribution in [0.2, 0.25) is 0 Å². The fraction of sp³-hybridized carbons (Fsp3) is 0.381. The van der Waals surface area contributed by atoms with Crippen LogP contribution in [0.1, 0.15) is 37.2 Å². The first-order valence-corrected chi connectivity index (χ1v) is 8.84. The van der Waals surface area contributed by atoms with Crippen molar-refractivity contribution in [3.05, 3.63) is 60.2 Å². The highest BCUT2D eigenvalue weighted by Gasteiger charge is 2.27. The Morgan fingerprint density at radius 1 is 0.826 bits per heavy atom. The zero-order chi connectivity index (χ0) is 15.5. The summed E-state index contributed by atoms with van der Waals surface area (Å²) >= 11 is 0. The SMILES string of the molecule is c1ccc(-c2ccc(C3CCCC(C4=NCCN4)C3)cc2)cc1. The van der Waals surface area contributed by atoms with Crippen LogP contribution in [0, 0.1) is 5.92 Å². The maximum atomic E-state index is 4.65. The van der Waals surface area contributed by atoms with Crippen molar-refractivity contribution in [3.63, 3.8) is 0 Å². The molecule has 4 rings (SSSR count). The summed E-state index contributed by atoms with van der Waals surface area (Å²) in [6, 6.07) is 19.8. The Bertz CT molecular complexity index is 673. The van der Waals surface area contributed by atoms with E-state index >= 15 is 0 Å². The molecule has 2 aromatic carbocycles. The van der Waals surface area contributed by atoms with Crippen LogP contribution in [0.15, 0.2) is 59.6 Å². The summed E-state index contributed by atoms with van der Waals surface area (Å²) in [5, 5.41) is 3.48. The Kier molecular flexibility index (Phi) is 4.14. The number of hydrogen-bond acceptors (Lipinski definition) is 2. The van der Waals surface area contributed by atoms with Gasteiger partial charge in [0.1, 0.15) is 0 Å². The summed E-state index contributed by atoms with van der Waals surface area (Å²) < 4.78 is 0. The Morgan fingerprint density at radius 2 is 1.57 bits per heavy atom. The zero-order valence-corrected chi connectivity index (χ0v) is 13.5. The lowest BCUT2D eigenvalue weighted by Crippen LogP contribution is -2.30. The number of nitrogens with one attached hydrogen (secondary N) is 1. The van der Waals surface area contributed by atoms with E-state index < -0.39 is 0 Å². The lowest BCUT2D eigenvalue weighted by Gasteiger charge is -2.29. The van der Waals surface area contributed by atoms with Gasteiger partial charge in [0.15, 0.2) is 0 Å². The molecule has 2 aliphatic rings. The Labute approximate surface area is 138 Å². The Hall–Kier alpha value is -2.09. The first-order chi connectivity index (χ1) is 11.4. The van der Waals surface area contributed by atoms with Crippen molar-refractivity contribution in [2.75, 3.05) is 13.1 Å². The van der Waals surface area contributed by atoms with Gasteiger partial charge in [-0.1, -0.05) is 61.0 Å². The summed E-state index contributed by atoms with van der Waals surface area (Å²) in [5.74, 6) is 2.60. The van der Waals surface area contributed by atoms with E-state index in [2.05, 4.69) is 64.9 Å². The highest BCUT2D eigenvalue weighted by atomic mass is 15.1. The number of hydrogen-bond donors (Lipinski definition) is 1. The predicted octanol–water partition coefficient (Wildman–Crippen LogP) is 4.63. The van der Waals surface area contributed by atoms with E-state index in [1.807, 2.05) is 0 Å². The van der Waals surface area contributed by atoms with E-state index in [-0.39, 0.29) is 0 Å². The third-order valence-corrected chi connectivity index (χ3v) is 5.25. The van der Waals surface area contributed by atoms with Crippen molar-refractivity contribution >= 4 is 5.84 Å². The lowest BCUT2D eigenvalue weighted by atomic mass is 9.77. The molecule has 0 radical (unpaired) electrons. The first kappa shape index (κ1) is 14.5. The van der Waals surface area contributed by atoms with Crippen molar-refractivity contribution in [1.29, 1.82) is 0 Å². The molecule has 23 heavy (non-hydrogen) atoms. The second-order valence-corrected chi connectivity index (χ2v) is 6.74. The number of nitrogens with zero attached hydrogens (tertiary/aromatic N) is 1. The van der Waals surface area contributed by atoms with Gasteiger partial charge in [0.05, 0.1) is 12.4 Å². The monoisotopic (exact) mass is 304 g/mol. The second kappa shape index (κ2) is 6.57. The second-order valence-electron chi connectivity index (χ2n) is 6.74. The predicted molar refractivity (Wildman–Crippen MR) is 96.9 cm³/mol. The van der Waals surface area contributed by atoms with E-state index in [9.17, 15) is 0 Å². The maximum absolute atomic E-state index is 4.65. The van der Waals surface area contributed by atoms with Gasteiger partial charge in [0, 0.05) is 12.5 Å². The van der Waals surface area contributed by atoms with Crippen molar-refractivity contribution in [2.24, 2.45) is 10.9 Å². The first-order valence-electron chi connectivity index (χ1n) is 8.84. The van der Waals surface area contributed by atoms with Gasteiger partial charge in [-0.3, -0.25) is 4.99 Å². The fourth-order valence-electron chi connectivity index (χ4n) is 4.01. The average molecular weight is 304 g/mol. The Balaban J connectivity index is 1.49. The van der Waals surface area contributed by atoms with Crippen LogP contribution < -0.4 is 5.32 Å².